The number of ether oxygens (including phenoxy) is 3. The lowest BCUT2D eigenvalue weighted by Gasteiger charge is -2.13. The average Bonchev–Trinajstić information content (AvgIpc) is 3.29. The minimum Gasteiger partial charge on any atom is -0.490 e. The second kappa shape index (κ2) is 11.5. The van der Waals surface area contributed by atoms with Crippen LogP contribution in [0, 0.1) is 10.1 Å². The van der Waals surface area contributed by atoms with E-state index in [2.05, 4.69) is 10.4 Å². The van der Waals surface area contributed by atoms with Crippen LogP contribution in [0.15, 0.2) is 54.9 Å². The third kappa shape index (κ3) is 6.96. The van der Waals surface area contributed by atoms with Crippen LogP contribution in [0.3, 0.4) is 0 Å². The molecule has 3 rings (SSSR count). The Labute approximate surface area is 191 Å². The summed E-state index contributed by atoms with van der Waals surface area (Å²) < 4.78 is 18.4. The predicted octanol–water partition coefficient (Wildman–Crippen LogP) is 4.20. The molecular weight excluding hydrogens is 428 g/mol. The number of carbonyl (C=O) groups is 1. The second-order valence-electron chi connectivity index (χ2n) is 6.98. The van der Waals surface area contributed by atoms with Gasteiger partial charge < -0.3 is 19.5 Å². The van der Waals surface area contributed by atoms with Gasteiger partial charge in [-0.05, 0) is 55.8 Å². The largest absolute Gasteiger partial charge is 0.490 e. The molecule has 0 aliphatic rings. The fraction of sp³-hybridized carbons (Fsp3) is 0.304. The van der Waals surface area contributed by atoms with Gasteiger partial charge in [-0.3, -0.25) is 19.6 Å². The number of nitro groups is 1. The van der Waals surface area contributed by atoms with Crippen molar-refractivity contribution < 1.29 is 23.9 Å². The van der Waals surface area contributed by atoms with Gasteiger partial charge in [0.05, 0.1) is 18.1 Å². The molecule has 10 nitrogen and oxygen atoms in total. The number of hydrogen-bond donors (Lipinski definition) is 1. The number of aryl methyl sites for hydroxylation is 1. The zero-order valence-electron chi connectivity index (χ0n) is 18.5. The van der Waals surface area contributed by atoms with E-state index in [4.69, 9.17) is 14.2 Å². The van der Waals surface area contributed by atoms with E-state index in [0.29, 0.717) is 42.8 Å². The molecule has 0 aliphatic carbocycles. The normalized spacial score (nSPS) is 10.5. The second-order valence-corrected chi connectivity index (χ2v) is 6.98. The van der Waals surface area contributed by atoms with Crippen molar-refractivity contribution in [1.82, 2.24) is 9.78 Å². The van der Waals surface area contributed by atoms with E-state index < -0.39 is 4.92 Å². The summed E-state index contributed by atoms with van der Waals surface area (Å²) in [7, 11) is 0. The molecular formula is C23H26N4O6. The molecule has 33 heavy (non-hydrogen) atoms. The predicted molar refractivity (Wildman–Crippen MR) is 122 cm³/mol. The minimum absolute atomic E-state index is 0.106. The summed E-state index contributed by atoms with van der Waals surface area (Å²) in [4.78, 5) is 22.3. The summed E-state index contributed by atoms with van der Waals surface area (Å²) in [6, 6.07) is 12.7. The van der Waals surface area contributed by atoms with E-state index in [-0.39, 0.29) is 24.6 Å². The van der Waals surface area contributed by atoms with Gasteiger partial charge in [0.2, 0.25) is 5.91 Å². The summed E-state index contributed by atoms with van der Waals surface area (Å²) in [5.41, 5.74) is 1.46. The zero-order valence-corrected chi connectivity index (χ0v) is 18.5. The summed E-state index contributed by atoms with van der Waals surface area (Å²) in [6.07, 6.45) is 2.58. The molecule has 0 fully saturated rings. The number of aromatic nitrogens is 2. The number of nitrogens with one attached hydrogen (secondary N) is 1. The molecule has 174 valence electrons. The number of anilines is 1. The Hall–Kier alpha value is -4.08. The molecule has 1 aromatic heterocycles. The fourth-order valence-corrected chi connectivity index (χ4v) is 3.00. The number of rotatable bonds is 12. The van der Waals surface area contributed by atoms with Gasteiger partial charge in [-0.1, -0.05) is 6.07 Å². The molecule has 0 saturated carbocycles. The highest BCUT2D eigenvalue weighted by molar-refractivity contribution is 5.90. The third-order valence-corrected chi connectivity index (χ3v) is 4.55. The maximum absolute atomic E-state index is 12.1. The van der Waals surface area contributed by atoms with Crippen LogP contribution in [0.5, 0.6) is 17.2 Å². The maximum Gasteiger partial charge on any atom is 0.306 e. The van der Waals surface area contributed by atoms with Gasteiger partial charge in [0.1, 0.15) is 24.8 Å². The SMILES string of the molecule is CCOc1ccc(COc2ccc(NC(=O)CCn3cc([N+](=O)[O-])cn3)cc2)cc1OCC. The van der Waals surface area contributed by atoms with Crippen LogP contribution in [0.2, 0.25) is 0 Å². The Bertz CT molecular complexity index is 1080. The van der Waals surface area contributed by atoms with E-state index >= 15 is 0 Å². The van der Waals surface area contributed by atoms with Crippen molar-refractivity contribution in [3.05, 3.63) is 70.5 Å². The van der Waals surface area contributed by atoms with Crippen LogP contribution in [0.25, 0.3) is 0 Å². The Morgan fingerprint density at radius 3 is 2.45 bits per heavy atom. The lowest BCUT2D eigenvalue weighted by Crippen LogP contribution is -2.14. The van der Waals surface area contributed by atoms with E-state index in [1.807, 2.05) is 32.0 Å². The first-order valence-corrected chi connectivity index (χ1v) is 10.6. The highest BCUT2D eigenvalue weighted by Gasteiger charge is 2.10. The Morgan fingerprint density at radius 2 is 1.79 bits per heavy atom. The van der Waals surface area contributed by atoms with Crippen molar-refractivity contribution in [2.24, 2.45) is 0 Å². The smallest absolute Gasteiger partial charge is 0.306 e. The van der Waals surface area contributed by atoms with Crippen LogP contribution in [0.4, 0.5) is 11.4 Å². The van der Waals surface area contributed by atoms with Crippen molar-refractivity contribution in [2.75, 3.05) is 18.5 Å². The fourth-order valence-electron chi connectivity index (χ4n) is 3.00. The number of benzene rings is 2. The Morgan fingerprint density at radius 1 is 1.06 bits per heavy atom. The van der Waals surface area contributed by atoms with E-state index in [1.54, 1.807) is 24.3 Å². The van der Waals surface area contributed by atoms with Crippen LogP contribution >= 0.6 is 0 Å². The van der Waals surface area contributed by atoms with Crippen LogP contribution in [0.1, 0.15) is 25.8 Å². The minimum atomic E-state index is -0.527. The van der Waals surface area contributed by atoms with Gasteiger partial charge in [0.25, 0.3) is 0 Å². The zero-order chi connectivity index (χ0) is 23.6. The van der Waals surface area contributed by atoms with E-state index in [9.17, 15) is 14.9 Å². The van der Waals surface area contributed by atoms with Crippen LogP contribution in [-0.4, -0.2) is 33.8 Å². The molecule has 10 heteroatoms. The maximum atomic E-state index is 12.1. The van der Waals surface area contributed by atoms with Crippen molar-refractivity contribution >= 4 is 17.3 Å². The third-order valence-electron chi connectivity index (χ3n) is 4.55. The van der Waals surface area contributed by atoms with E-state index in [0.717, 1.165) is 11.8 Å². The summed E-state index contributed by atoms with van der Waals surface area (Å²) >= 11 is 0. The molecule has 1 amide bonds. The van der Waals surface area contributed by atoms with Gasteiger partial charge in [-0.25, -0.2) is 0 Å². The quantitative estimate of drug-likeness (QED) is 0.322. The number of amides is 1. The summed E-state index contributed by atoms with van der Waals surface area (Å²) in [6.45, 7) is 5.54. The van der Waals surface area contributed by atoms with E-state index in [1.165, 1.54) is 10.9 Å². The number of nitrogens with zero attached hydrogens (tertiary/aromatic N) is 3. The first-order chi connectivity index (χ1) is 16.0. The van der Waals surface area contributed by atoms with Gasteiger partial charge in [0.15, 0.2) is 11.5 Å². The van der Waals surface area contributed by atoms with Gasteiger partial charge in [-0.2, -0.15) is 5.10 Å². The first kappa shape index (κ1) is 23.6. The Kier molecular flexibility index (Phi) is 8.23. The summed E-state index contributed by atoms with van der Waals surface area (Å²) in [5, 5.41) is 17.3. The monoisotopic (exact) mass is 454 g/mol. The van der Waals surface area contributed by atoms with Gasteiger partial charge in [-0.15, -0.1) is 0 Å². The number of hydrogen-bond acceptors (Lipinski definition) is 7. The lowest BCUT2D eigenvalue weighted by atomic mass is 10.2. The average molecular weight is 454 g/mol. The number of carbonyl (C=O) groups excluding carboxylic acids is 1. The molecule has 0 atom stereocenters. The van der Waals surface area contributed by atoms with Gasteiger partial charge >= 0.3 is 5.69 Å². The molecule has 1 N–H and O–H groups in total. The standard InChI is InChI=1S/C23H26N4O6/c1-3-31-21-10-5-17(13-22(21)32-4-2)16-33-20-8-6-18(7-9-20)25-23(28)11-12-26-15-19(14-24-26)27(29)30/h5-10,13-15H,3-4,11-12,16H2,1-2H3,(H,25,28). The van der Waals surface area contributed by atoms with Crippen molar-refractivity contribution in [3.8, 4) is 17.2 Å². The molecule has 3 aromatic rings. The molecule has 0 unspecified atom stereocenters. The van der Waals surface area contributed by atoms with Crippen molar-refractivity contribution in [3.63, 3.8) is 0 Å². The molecule has 1 heterocycles. The molecule has 0 bridgehead atoms. The first-order valence-electron chi connectivity index (χ1n) is 10.6. The molecule has 0 radical (unpaired) electrons. The molecule has 0 aliphatic heterocycles. The summed E-state index contributed by atoms with van der Waals surface area (Å²) in [5.74, 6) is 1.82. The Balaban J connectivity index is 1.49. The molecule has 2 aromatic carbocycles. The van der Waals surface area contributed by atoms with Gasteiger partial charge in [0, 0.05) is 18.7 Å². The molecule has 0 spiro atoms. The van der Waals surface area contributed by atoms with Crippen LogP contribution < -0.4 is 19.5 Å². The highest BCUT2D eigenvalue weighted by Crippen LogP contribution is 2.29. The lowest BCUT2D eigenvalue weighted by molar-refractivity contribution is -0.385. The highest BCUT2D eigenvalue weighted by atomic mass is 16.6. The topological polar surface area (TPSA) is 118 Å². The molecule has 0 saturated heterocycles. The van der Waals surface area contributed by atoms with Crippen LogP contribution in [-0.2, 0) is 17.9 Å². The van der Waals surface area contributed by atoms with Crippen molar-refractivity contribution in [1.29, 1.82) is 0 Å². The van der Waals surface area contributed by atoms with Crippen molar-refractivity contribution in [2.45, 2.75) is 33.4 Å².